The number of hydrogen-bond donors (Lipinski definition) is 2. The largest absolute Gasteiger partial charge is 0.475 e. The van der Waals surface area contributed by atoms with Crippen LogP contribution in [-0.4, -0.2) is 106 Å². The minimum Gasteiger partial charge on any atom is -0.475 e. The van der Waals surface area contributed by atoms with Gasteiger partial charge >= 0.3 is 0 Å². The number of anilines is 1. The van der Waals surface area contributed by atoms with Crippen LogP contribution >= 0.6 is 11.6 Å². The van der Waals surface area contributed by atoms with Crippen molar-refractivity contribution in [1.29, 1.82) is 5.26 Å². The summed E-state index contributed by atoms with van der Waals surface area (Å²) in [6, 6.07) is 24.0. The number of aromatic nitrogens is 2. The number of nitrogens with zero attached hydrogens (tertiary/aromatic N) is 5. The number of nitriles is 1. The fourth-order valence-corrected chi connectivity index (χ4v) is 9.31. The van der Waals surface area contributed by atoms with Crippen LogP contribution in [0.2, 0.25) is 5.02 Å². The first-order valence-corrected chi connectivity index (χ1v) is 22.5. The first kappa shape index (κ1) is 42.3. The molecular formula is C46H50ClN7O6S. The number of fused-ring (bicyclic) bond motifs is 1. The van der Waals surface area contributed by atoms with Gasteiger partial charge in [-0.1, -0.05) is 49.2 Å². The Morgan fingerprint density at radius 1 is 0.984 bits per heavy atom. The summed E-state index contributed by atoms with van der Waals surface area (Å²) in [5.41, 5.74) is 6.05. The molecule has 3 aliphatic rings. The van der Waals surface area contributed by atoms with Crippen LogP contribution in [0.1, 0.15) is 54.6 Å². The van der Waals surface area contributed by atoms with Gasteiger partial charge in [0, 0.05) is 86.2 Å². The topological polar surface area (TPSA) is 153 Å². The van der Waals surface area contributed by atoms with Crippen LogP contribution < -0.4 is 19.1 Å². The molecule has 1 aliphatic carbocycles. The maximum Gasteiger partial charge on any atom is 0.268 e. The molecule has 13 nitrogen and oxygen atoms in total. The van der Waals surface area contributed by atoms with Crippen LogP contribution in [0.4, 0.5) is 5.69 Å². The van der Waals surface area contributed by atoms with Gasteiger partial charge in [-0.3, -0.25) is 14.6 Å². The van der Waals surface area contributed by atoms with Crippen molar-refractivity contribution < 1.29 is 27.4 Å². The van der Waals surface area contributed by atoms with Gasteiger partial charge in [-0.05, 0) is 84.3 Å². The summed E-state index contributed by atoms with van der Waals surface area (Å²) >= 11 is 6.25. The maximum absolute atomic E-state index is 13.9. The number of aromatic amines is 1. The molecule has 1 amide bonds. The lowest BCUT2D eigenvalue weighted by atomic mass is 9.72. The first-order chi connectivity index (χ1) is 29.4. The smallest absolute Gasteiger partial charge is 0.268 e. The number of allylic oxidation sites excluding steroid dienone is 1. The van der Waals surface area contributed by atoms with E-state index in [2.05, 4.69) is 55.4 Å². The van der Waals surface area contributed by atoms with E-state index in [1.54, 1.807) is 24.4 Å². The summed E-state index contributed by atoms with van der Waals surface area (Å²) in [5, 5.41) is 11.4. The monoisotopic (exact) mass is 863 g/mol. The Morgan fingerprint density at radius 2 is 1.77 bits per heavy atom. The average Bonchev–Trinajstić information content (AvgIpc) is 3.75. The highest BCUT2D eigenvalue weighted by molar-refractivity contribution is 7.90. The highest BCUT2D eigenvalue weighted by atomic mass is 35.5. The Bertz CT molecular complexity index is 2570. The minimum atomic E-state index is -4.47. The van der Waals surface area contributed by atoms with Crippen LogP contribution in [0.15, 0.2) is 95.7 Å². The minimum absolute atomic E-state index is 0.0184. The molecular weight excluding hydrogens is 814 g/mol. The van der Waals surface area contributed by atoms with E-state index in [0.29, 0.717) is 25.5 Å². The van der Waals surface area contributed by atoms with E-state index in [0.717, 1.165) is 99.0 Å². The number of piperazine rings is 1. The molecule has 3 aromatic carbocycles. The molecule has 0 saturated carbocycles. The molecule has 4 heterocycles. The molecule has 2 fully saturated rings. The summed E-state index contributed by atoms with van der Waals surface area (Å²) in [4.78, 5) is 27.9. The predicted molar refractivity (Wildman–Crippen MR) is 236 cm³/mol. The quantitative estimate of drug-likeness (QED) is 0.121. The van der Waals surface area contributed by atoms with Crippen LogP contribution in [0, 0.1) is 16.7 Å². The summed E-state index contributed by atoms with van der Waals surface area (Å²) in [5.74, 6) is -0.170. The number of nitrogens with one attached hydrogen (secondary N) is 2. The second-order valence-corrected chi connectivity index (χ2v) is 18.7. The fourth-order valence-electron chi connectivity index (χ4n) is 8.25. The third-order valence-electron chi connectivity index (χ3n) is 11.7. The zero-order valence-corrected chi connectivity index (χ0v) is 36.0. The highest BCUT2D eigenvalue weighted by Gasteiger charge is 2.30. The standard InChI is InChI=1S/C46H50ClN7O6S/c1-46(2)14-12-33(40(28-46)32-6-8-35(47)9-7-32)31-53-16-18-54(19-17-53)36-10-11-39(43(27-36)60-42-5-3-4-41-38(42)13-15-49-41)44(55)51-61(56,57)37-26-34(29-48)45(50-30-37)59-25-22-52-20-23-58-24-21-52/h3-11,13,15,26-27,30,49H,12,14,16-25,28,31H2,1-2H3,(H,51,55). The van der Waals surface area contributed by atoms with Crippen molar-refractivity contribution in [3.63, 3.8) is 0 Å². The number of hydrogen-bond acceptors (Lipinski definition) is 11. The molecule has 5 aromatic rings. The number of morpholine rings is 1. The summed E-state index contributed by atoms with van der Waals surface area (Å²) < 4.78 is 47.1. The van der Waals surface area contributed by atoms with Crippen LogP contribution in [0.5, 0.6) is 17.4 Å². The van der Waals surface area contributed by atoms with E-state index in [4.69, 9.17) is 25.8 Å². The van der Waals surface area contributed by atoms with Gasteiger partial charge in [-0.2, -0.15) is 5.26 Å². The van der Waals surface area contributed by atoms with Crippen molar-refractivity contribution in [3.05, 3.63) is 112 Å². The maximum atomic E-state index is 13.9. The van der Waals surface area contributed by atoms with Gasteiger partial charge < -0.3 is 24.1 Å². The number of ether oxygens (including phenoxy) is 3. The number of H-pyrrole nitrogens is 1. The number of carbonyl (C=O) groups is 1. The Kier molecular flexibility index (Phi) is 12.7. The van der Waals surface area contributed by atoms with Crippen molar-refractivity contribution in [2.75, 3.05) is 77.1 Å². The number of carbonyl (C=O) groups excluding carboxylic acids is 1. The molecule has 8 rings (SSSR count). The van der Waals surface area contributed by atoms with E-state index in [1.807, 2.05) is 42.5 Å². The summed E-state index contributed by atoms with van der Waals surface area (Å²) in [7, 11) is -4.47. The SMILES string of the molecule is CC1(C)CCC(CN2CCN(c3ccc(C(=O)NS(=O)(=O)c4cnc(OCCN5CCOCC5)c(C#N)c4)c(Oc4cccc5[nH]ccc45)c3)CC2)=C(c2ccc(Cl)cc2)C1. The molecule has 2 aliphatic heterocycles. The Balaban J connectivity index is 0.990. The van der Waals surface area contributed by atoms with E-state index in [9.17, 15) is 18.5 Å². The molecule has 61 heavy (non-hydrogen) atoms. The van der Waals surface area contributed by atoms with Crippen molar-refractivity contribution in [3.8, 4) is 23.4 Å². The molecule has 2 N–H and O–H groups in total. The highest BCUT2D eigenvalue weighted by Crippen LogP contribution is 2.43. The molecule has 0 bridgehead atoms. The van der Waals surface area contributed by atoms with E-state index in [-0.39, 0.29) is 39.7 Å². The van der Waals surface area contributed by atoms with E-state index < -0.39 is 15.9 Å². The molecule has 15 heteroatoms. The molecule has 0 spiro atoms. The van der Waals surface area contributed by atoms with Gasteiger partial charge in [0.25, 0.3) is 15.9 Å². The third-order valence-corrected chi connectivity index (χ3v) is 13.3. The number of halogens is 1. The van der Waals surface area contributed by atoms with Gasteiger partial charge in [0.1, 0.15) is 34.6 Å². The zero-order chi connectivity index (χ0) is 42.6. The van der Waals surface area contributed by atoms with Crippen molar-refractivity contribution in [1.82, 2.24) is 24.5 Å². The molecule has 2 saturated heterocycles. The van der Waals surface area contributed by atoms with Crippen LogP contribution in [0.3, 0.4) is 0 Å². The van der Waals surface area contributed by atoms with E-state index in [1.165, 1.54) is 16.7 Å². The second-order valence-electron chi connectivity index (χ2n) is 16.5. The van der Waals surface area contributed by atoms with Gasteiger partial charge in [-0.25, -0.2) is 18.1 Å². The van der Waals surface area contributed by atoms with Gasteiger partial charge in [0.15, 0.2) is 0 Å². The zero-order valence-electron chi connectivity index (χ0n) is 34.5. The Hall–Kier alpha value is -5.43. The Labute approximate surface area is 361 Å². The van der Waals surface area contributed by atoms with Crippen LogP contribution in [-0.2, 0) is 14.8 Å². The van der Waals surface area contributed by atoms with Crippen molar-refractivity contribution in [2.24, 2.45) is 5.41 Å². The lowest BCUT2D eigenvalue weighted by Crippen LogP contribution is -2.47. The second kappa shape index (κ2) is 18.3. The summed E-state index contributed by atoms with van der Waals surface area (Å²) in [6.45, 7) is 12.5. The number of sulfonamides is 1. The molecule has 0 unspecified atom stereocenters. The number of amides is 1. The van der Waals surface area contributed by atoms with E-state index >= 15 is 0 Å². The summed E-state index contributed by atoms with van der Waals surface area (Å²) in [6.07, 6.45) is 6.12. The normalized spacial score (nSPS) is 17.6. The molecule has 0 radical (unpaired) electrons. The predicted octanol–water partition coefficient (Wildman–Crippen LogP) is 7.50. The lowest BCUT2D eigenvalue weighted by molar-refractivity contribution is 0.0320. The Morgan fingerprint density at radius 3 is 2.54 bits per heavy atom. The third kappa shape index (κ3) is 10.0. The number of rotatable bonds is 13. The van der Waals surface area contributed by atoms with Crippen LogP contribution in [0.25, 0.3) is 16.5 Å². The number of pyridine rings is 1. The first-order valence-electron chi connectivity index (χ1n) is 20.7. The van der Waals surface area contributed by atoms with Gasteiger partial charge in [0.05, 0.1) is 25.0 Å². The van der Waals surface area contributed by atoms with Crippen molar-refractivity contribution in [2.45, 2.75) is 38.0 Å². The molecule has 0 atom stereocenters. The van der Waals surface area contributed by atoms with Crippen molar-refractivity contribution >= 4 is 49.7 Å². The fraction of sp³-hybridized carbons (Fsp3) is 0.370. The molecule has 318 valence electrons. The lowest BCUT2D eigenvalue weighted by Gasteiger charge is -2.39. The van der Waals surface area contributed by atoms with Gasteiger partial charge in [-0.15, -0.1) is 0 Å². The number of benzene rings is 3. The average molecular weight is 864 g/mol. The molecule has 2 aromatic heterocycles. The van der Waals surface area contributed by atoms with Gasteiger partial charge in [0.2, 0.25) is 5.88 Å².